The molecule has 2 amide bonds. The first-order valence-corrected chi connectivity index (χ1v) is 8.05. The van der Waals surface area contributed by atoms with Gasteiger partial charge in [0.15, 0.2) is 0 Å². The molecular formula is C15H27N3O2. The van der Waals surface area contributed by atoms with E-state index in [4.69, 9.17) is 4.74 Å². The minimum atomic E-state index is -0.0288. The van der Waals surface area contributed by atoms with Gasteiger partial charge in [0, 0.05) is 19.1 Å². The number of morpholine rings is 1. The van der Waals surface area contributed by atoms with E-state index in [0.29, 0.717) is 12.6 Å². The van der Waals surface area contributed by atoms with Crippen LogP contribution in [0.15, 0.2) is 0 Å². The average Bonchev–Trinajstić information content (AvgIpc) is 2.87. The number of amides is 2. The Morgan fingerprint density at radius 1 is 1.25 bits per heavy atom. The van der Waals surface area contributed by atoms with Gasteiger partial charge in [-0.1, -0.05) is 12.8 Å². The van der Waals surface area contributed by atoms with Crippen molar-refractivity contribution in [3.8, 4) is 0 Å². The Morgan fingerprint density at radius 2 is 2.05 bits per heavy atom. The van der Waals surface area contributed by atoms with Crippen LogP contribution in [-0.4, -0.2) is 67.3 Å². The lowest BCUT2D eigenvalue weighted by Gasteiger charge is -2.41. The number of likely N-dealkylation sites (N-methyl/N-ethyl adjacent to an activating group) is 1. The minimum Gasteiger partial charge on any atom is -0.371 e. The fourth-order valence-electron chi connectivity index (χ4n) is 3.89. The van der Waals surface area contributed by atoms with Crippen LogP contribution in [0.25, 0.3) is 0 Å². The van der Waals surface area contributed by atoms with Crippen molar-refractivity contribution in [2.45, 2.75) is 50.2 Å². The number of nitrogens with one attached hydrogen (secondary N) is 1. The molecule has 0 bridgehead atoms. The zero-order chi connectivity index (χ0) is 14.0. The predicted molar refractivity (Wildman–Crippen MR) is 77.8 cm³/mol. The average molecular weight is 281 g/mol. The molecule has 1 atom stereocenters. The van der Waals surface area contributed by atoms with Gasteiger partial charge in [-0.3, -0.25) is 0 Å². The van der Waals surface area contributed by atoms with Crippen LogP contribution in [0.4, 0.5) is 4.79 Å². The Hall–Kier alpha value is -0.810. The fourth-order valence-corrected chi connectivity index (χ4v) is 3.89. The number of carbonyl (C=O) groups is 1. The van der Waals surface area contributed by atoms with E-state index in [9.17, 15) is 4.79 Å². The van der Waals surface area contributed by atoms with Crippen LogP contribution in [0.3, 0.4) is 0 Å². The van der Waals surface area contributed by atoms with E-state index in [2.05, 4.69) is 17.3 Å². The Kier molecular flexibility index (Phi) is 4.17. The first kappa shape index (κ1) is 14.1. The van der Waals surface area contributed by atoms with Crippen molar-refractivity contribution in [3.63, 3.8) is 0 Å². The highest BCUT2D eigenvalue weighted by molar-refractivity contribution is 5.74. The number of carbonyl (C=O) groups excluding carboxylic acids is 1. The zero-order valence-electron chi connectivity index (χ0n) is 12.6. The molecule has 2 aliphatic heterocycles. The monoisotopic (exact) mass is 281 g/mol. The van der Waals surface area contributed by atoms with Crippen molar-refractivity contribution in [3.05, 3.63) is 0 Å². The molecule has 5 heteroatoms. The van der Waals surface area contributed by atoms with E-state index in [1.807, 2.05) is 4.90 Å². The van der Waals surface area contributed by atoms with Crippen LogP contribution in [0, 0.1) is 0 Å². The quantitative estimate of drug-likeness (QED) is 0.791. The van der Waals surface area contributed by atoms with Crippen molar-refractivity contribution < 1.29 is 9.53 Å². The summed E-state index contributed by atoms with van der Waals surface area (Å²) in [6.45, 7) is 4.32. The van der Waals surface area contributed by atoms with E-state index in [0.717, 1.165) is 45.4 Å². The molecule has 1 N–H and O–H groups in total. The number of piperidine rings is 1. The lowest BCUT2D eigenvalue weighted by Crippen LogP contribution is -2.57. The van der Waals surface area contributed by atoms with E-state index in [-0.39, 0.29) is 11.6 Å². The van der Waals surface area contributed by atoms with Gasteiger partial charge in [-0.25, -0.2) is 4.79 Å². The van der Waals surface area contributed by atoms with Gasteiger partial charge in [0.2, 0.25) is 0 Å². The molecule has 114 valence electrons. The molecule has 5 nitrogen and oxygen atoms in total. The molecule has 2 heterocycles. The molecule has 3 rings (SSSR count). The van der Waals surface area contributed by atoms with Gasteiger partial charge in [-0.2, -0.15) is 0 Å². The number of likely N-dealkylation sites (tertiary alicyclic amines) is 1. The van der Waals surface area contributed by atoms with Gasteiger partial charge < -0.3 is 19.9 Å². The SMILES string of the molecule is CN1CCCC(NC(=O)N2CCOC3(CCCC3)C2)C1. The molecule has 0 radical (unpaired) electrons. The molecule has 0 aromatic rings. The highest BCUT2D eigenvalue weighted by atomic mass is 16.5. The van der Waals surface area contributed by atoms with Crippen molar-refractivity contribution in [1.82, 2.24) is 15.1 Å². The van der Waals surface area contributed by atoms with Gasteiger partial charge >= 0.3 is 6.03 Å². The van der Waals surface area contributed by atoms with Gasteiger partial charge in [-0.05, 0) is 39.3 Å². The number of hydrogen-bond donors (Lipinski definition) is 1. The minimum absolute atomic E-state index is 0.0288. The number of hydrogen-bond acceptors (Lipinski definition) is 3. The molecule has 3 aliphatic rings. The predicted octanol–water partition coefficient (Wildman–Crippen LogP) is 1.44. The van der Waals surface area contributed by atoms with Crippen molar-refractivity contribution >= 4 is 6.03 Å². The Bertz CT molecular complexity index is 355. The molecule has 3 fully saturated rings. The fraction of sp³-hybridized carbons (Fsp3) is 0.933. The van der Waals surface area contributed by atoms with Crippen LogP contribution in [0.5, 0.6) is 0 Å². The van der Waals surface area contributed by atoms with Crippen LogP contribution in [0.1, 0.15) is 38.5 Å². The Balaban J connectivity index is 1.54. The lowest BCUT2D eigenvalue weighted by atomic mass is 10.00. The highest BCUT2D eigenvalue weighted by Crippen LogP contribution is 2.35. The maximum Gasteiger partial charge on any atom is 0.317 e. The molecule has 1 spiro atoms. The third-order valence-electron chi connectivity index (χ3n) is 5.00. The molecule has 1 aliphatic carbocycles. The summed E-state index contributed by atoms with van der Waals surface area (Å²) in [4.78, 5) is 16.7. The highest BCUT2D eigenvalue weighted by Gasteiger charge is 2.40. The summed E-state index contributed by atoms with van der Waals surface area (Å²) < 4.78 is 5.98. The third kappa shape index (κ3) is 3.09. The van der Waals surface area contributed by atoms with E-state index in [1.165, 1.54) is 19.3 Å². The van der Waals surface area contributed by atoms with Crippen molar-refractivity contribution in [2.75, 3.05) is 39.8 Å². The van der Waals surface area contributed by atoms with E-state index >= 15 is 0 Å². The van der Waals surface area contributed by atoms with Crippen molar-refractivity contribution in [1.29, 1.82) is 0 Å². The summed E-state index contributed by atoms with van der Waals surface area (Å²) in [6, 6.07) is 0.420. The molecular weight excluding hydrogens is 254 g/mol. The molecule has 20 heavy (non-hydrogen) atoms. The van der Waals surface area contributed by atoms with Crippen LogP contribution < -0.4 is 5.32 Å². The zero-order valence-corrected chi connectivity index (χ0v) is 12.6. The second-order valence-corrected chi connectivity index (χ2v) is 6.71. The first-order chi connectivity index (χ1) is 9.67. The summed E-state index contributed by atoms with van der Waals surface area (Å²) in [5.41, 5.74) is -0.0288. The van der Waals surface area contributed by atoms with Crippen LogP contribution in [0.2, 0.25) is 0 Å². The first-order valence-electron chi connectivity index (χ1n) is 8.05. The number of rotatable bonds is 1. The van der Waals surface area contributed by atoms with Crippen molar-refractivity contribution in [2.24, 2.45) is 0 Å². The Morgan fingerprint density at radius 3 is 2.80 bits per heavy atom. The second kappa shape index (κ2) is 5.90. The molecule has 1 saturated carbocycles. The lowest BCUT2D eigenvalue weighted by molar-refractivity contribution is -0.0928. The molecule has 1 unspecified atom stereocenters. The number of nitrogens with zero attached hydrogens (tertiary/aromatic N) is 2. The van der Waals surface area contributed by atoms with Gasteiger partial charge in [0.05, 0.1) is 18.8 Å². The second-order valence-electron chi connectivity index (χ2n) is 6.71. The maximum absolute atomic E-state index is 12.5. The Labute approximate surface area is 121 Å². The van der Waals surface area contributed by atoms with Crippen LogP contribution in [-0.2, 0) is 4.74 Å². The molecule has 0 aromatic carbocycles. The maximum atomic E-state index is 12.5. The summed E-state index contributed by atoms with van der Waals surface area (Å²) in [5, 5.41) is 3.22. The van der Waals surface area contributed by atoms with Gasteiger partial charge in [-0.15, -0.1) is 0 Å². The normalized spacial score (nSPS) is 30.6. The van der Waals surface area contributed by atoms with Crippen LogP contribution >= 0.6 is 0 Å². The van der Waals surface area contributed by atoms with E-state index in [1.54, 1.807) is 0 Å². The number of ether oxygens (including phenoxy) is 1. The summed E-state index contributed by atoms with van der Waals surface area (Å²) in [7, 11) is 2.13. The third-order valence-corrected chi connectivity index (χ3v) is 5.00. The van der Waals surface area contributed by atoms with E-state index < -0.39 is 0 Å². The summed E-state index contributed by atoms with van der Waals surface area (Å²) in [6.07, 6.45) is 6.98. The van der Waals surface area contributed by atoms with Gasteiger partial charge in [0.25, 0.3) is 0 Å². The number of urea groups is 1. The molecule has 2 saturated heterocycles. The summed E-state index contributed by atoms with van der Waals surface area (Å²) >= 11 is 0. The summed E-state index contributed by atoms with van der Waals surface area (Å²) in [5.74, 6) is 0. The standard InChI is InChI=1S/C15H27N3O2/c1-17-8-4-5-13(11-17)16-14(19)18-9-10-20-15(12-18)6-2-3-7-15/h13H,2-12H2,1H3,(H,16,19). The topological polar surface area (TPSA) is 44.8 Å². The van der Waals surface area contributed by atoms with Gasteiger partial charge in [0.1, 0.15) is 0 Å². The smallest absolute Gasteiger partial charge is 0.317 e. The molecule has 0 aromatic heterocycles. The largest absolute Gasteiger partial charge is 0.371 e.